The predicted octanol–water partition coefficient (Wildman–Crippen LogP) is -3.11. The van der Waals surface area contributed by atoms with Gasteiger partial charge < -0.3 is 54.1 Å². The topological polar surface area (TPSA) is 294 Å². The van der Waals surface area contributed by atoms with Gasteiger partial charge in [-0.3, -0.25) is 24.2 Å². The minimum Gasteiger partial charge on any atom is -0.480 e. The van der Waals surface area contributed by atoms with E-state index in [0.29, 0.717) is 0 Å². The second-order valence-electron chi connectivity index (χ2n) is 9.33. The molecule has 16 heteroatoms. The molecule has 4 atom stereocenters. The molecule has 224 valence electrons. The fourth-order valence-electron chi connectivity index (χ4n) is 3.97. The van der Waals surface area contributed by atoms with Gasteiger partial charge >= 0.3 is 5.97 Å². The van der Waals surface area contributed by atoms with Gasteiger partial charge in [0.15, 0.2) is 5.96 Å². The van der Waals surface area contributed by atoms with E-state index in [9.17, 15) is 29.1 Å². The molecule has 1 aromatic heterocycles. The van der Waals surface area contributed by atoms with E-state index in [1.165, 1.54) is 0 Å². The molecule has 16 nitrogen and oxygen atoms in total. The van der Waals surface area contributed by atoms with Crippen molar-refractivity contribution in [3.05, 3.63) is 36.0 Å². The van der Waals surface area contributed by atoms with E-state index < -0.39 is 60.4 Å². The Labute approximate surface area is 235 Å². The molecule has 0 radical (unpaired) electrons. The number of amides is 4. The summed E-state index contributed by atoms with van der Waals surface area (Å²) in [6, 6.07) is 2.18. The Balaban J connectivity index is 2.16. The first kappa shape index (κ1) is 32.5. The highest BCUT2D eigenvalue weighted by molar-refractivity contribution is 5.94. The number of carboxylic acid groups (broad SMARTS) is 1. The van der Waals surface area contributed by atoms with Crippen LogP contribution in [0.3, 0.4) is 0 Å². The van der Waals surface area contributed by atoms with Crippen molar-refractivity contribution in [3.8, 4) is 0 Å². The maximum atomic E-state index is 13.2. The largest absolute Gasteiger partial charge is 0.480 e. The highest BCUT2D eigenvalue weighted by atomic mass is 16.4. The van der Waals surface area contributed by atoms with Gasteiger partial charge in [0.25, 0.3) is 0 Å². The number of nitrogens with one attached hydrogen (secondary N) is 4. The number of hydrogen-bond donors (Lipinski definition) is 10. The molecule has 0 fully saturated rings. The van der Waals surface area contributed by atoms with E-state index in [1.54, 1.807) is 6.20 Å². The first-order valence-corrected chi connectivity index (χ1v) is 12.8. The zero-order chi connectivity index (χ0) is 30.5. The fourth-order valence-corrected chi connectivity index (χ4v) is 3.97. The maximum Gasteiger partial charge on any atom is 0.328 e. The zero-order valence-corrected chi connectivity index (χ0v) is 22.3. The lowest BCUT2D eigenvalue weighted by Crippen LogP contribution is -2.57. The van der Waals surface area contributed by atoms with Crippen molar-refractivity contribution < 1.29 is 34.2 Å². The molecule has 1 heterocycles. The number of carbonyl (C=O) groups is 5. The molecule has 2 rings (SSSR count). The van der Waals surface area contributed by atoms with Crippen LogP contribution in [0.2, 0.25) is 0 Å². The summed E-state index contributed by atoms with van der Waals surface area (Å²) >= 11 is 0. The number of rotatable bonds is 17. The van der Waals surface area contributed by atoms with E-state index in [-0.39, 0.29) is 44.6 Å². The summed E-state index contributed by atoms with van der Waals surface area (Å²) in [7, 11) is 0. The average molecular weight is 576 g/mol. The van der Waals surface area contributed by atoms with Crippen LogP contribution in [0.4, 0.5) is 0 Å². The first-order chi connectivity index (χ1) is 19.4. The SMILES string of the molecule is NC(=O)CCC(NC(=O)C(N)Cc1c[nH]c2ccccc12)C(=O)NC(CCCN=C(N)N)C(=O)NC(CO)C(=O)O. The van der Waals surface area contributed by atoms with E-state index in [2.05, 4.69) is 25.9 Å². The van der Waals surface area contributed by atoms with Crippen molar-refractivity contribution in [1.29, 1.82) is 0 Å². The third-order valence-corrected chi connectivity index (χ3v) is 6.14. The number of aromatic nitrogens is 1. The molecular formula is C25H37N9O7. The van der Waals surface area contributed by atoms with Gasteiger partial charge in [-0.1, -0.05) is 18.2 Å². The van der Waals surface area contributed by atoms with Crippen molar-refractivity contribution in [1.82, 2.24) is 20.9 Å². The first-order valence-electron chi connectivity index (χ1n) is 12.8. The lowest BCUT2D eigenvalue weighted by atomic mass is 10.0. The third-order valence-electron chi connectivity index (χ3n) is 6.14. The summed E-state index contributed by atoms with van der Waals surface area (Å²) in [6.45, 7) is -0.782. The lowest BCUT2D eigenvalue weighted by Gasteiger charge is -2.25. The molecule has 0 aliphatic heterocycles. The number of benzene rings is 1. The number of aliphatic hydroxyl groups excluding tert-OH is 1. The van der Waals surface area contributed by atoms with Crippen LogP contribution in [0.15, 0.2) is 35.5 Å². The minimum atomic E-state index is -1.62. The Morgan fingerprint density at radius 2 is 1.51 bits per heavy atom. The van der Waals surface area contributed by atoms with Crippen LogP contribution in [0.5, 0.6) is 0 Å². The summed E-state index contributed by atoms with van der Waals surface area (Å²) in [6.07, 6.45) is 1.61. The number of aliphatic carboxylic acids is 1. The van der Waals surface area contributed by atoms with Crippen molar-refractivity contribution in [3.63, 3.8) is 0 Å². The van der Waals surface area contributed by atoms with Crippen LogP contribution in [0.25, 0.3) is 10.9 Å². The van der Waals surface area contributed by atoms with Crippen molar-refractivity contribution >= 4 is 46.5 Å². The van der Waals surface area contributed by atoms with E-state index in [0.717, 1.165) is 16.5 Å². The summed E-state index contributed by atoms with van der Waals surface area (Å²) in [5, 5.41) is 26.4. The van der Waals surface area contributed by atoms with Gasteiger partial charge in [0, 0.05) is 30.1 Å². The summed E-state index contributed by atoms with van der Waals surface area (Å²) in [5.74, 6) is -4.81. The number of carboxylic acids is 1. The molecule has 4 amide bonds. The number of H-pyrrole nitrogens is 1. The molecule has 0 saturated heterocycles. The Kier molecular flexibility index (Phi) is 12.5. The van der Waals surface area contributed by atoms with E-state index in [4.69, 9.17) is 28.0 Å². The number of fused-ring (bicyclic) bond motifs is 1. The quantitative estimate of drug-likeness (QED) is 0.0514. The van der Waals surface area contributed by atoms with Crippen LogP contribution < -0.4 is 38.9 Å². The van der Waals surface area contributed by atoms with Crippen LogP contribution in [0, 0.1) is 0 Å². The molecule has 4 unspecified atom stereocenters. The van der Waals surface area contributed by atoms with Crippen LogP contribution in [-0.2, 0) is 30.4 Å². The number of aromatic amines is 1. The van der Waals surface area contributed by atoms with Gasteiger partial charge in [-0.05, 0) is 37.3 Å². The molecule has 0 aliphatic carbocycles. The molecule has 1 aromatic carbocycles. The fraction of sp³-hybridized carbons (Fsp3) is 0.440. The highest BCUT2D eigenvalue weighted by Gasteiger charge is 2.30. The van der Waals surface area contributed by atoms with Gasteiger partial charge in [-0.15, -0.1) is 0 Å². The van der Waals surface area contributed by atoms with Crippen molar-refractivity contribution in [2.75, 3.05) is 13.2 Å². The molecule has 14 N–H and O–H groups in total. The predicted molar refractivity (Wildman–Crippen MR) is 149 cm³/mol. The molecule has 0 saturated carbocycles. The number of nitrogens with zero attached hydrogens (tertiary/aromatic N) is 1. The number of guanidine groups is 1. The zero-order valence-electron chi connectivity index (χ0n) is 22.3. The summed E-state index contributed by atoms with van der Waals surface area (Å²) in [5.41, 5.74) is 23.6. The van der Waals surface area contributed by atoms with E-state index in [1.807, 2.05) is 24.3 Å². The molecule has 0 bridgehead atoms. The smallest absolute Gasteiger partial charge is 0.328 e. The van der Waals surface area contributed by atoms with Gasteiger partial charge in [0.2, 0.25) is 23.6 Å². The normalized spacial score (nSPS) is 13.8. The highest BCUT2D eigenvalue weighted by Crippen LogP contribution is 2.19. The van der Waals surface area contributed by atoms with Gasteiger partial charge in [-0.2, -0.15) is 0 Å². The molecule has 2 aromatic rings. The number of nitrogens with two attached hydrogens (primary N) is 4. The number of para-hydroxylation sites is 1. The van der Waals surface area contributed by atoms with E-state index >= 15 is 0 Å². The average Bonchev–Trinajstić information content (AvgIpc) is 3.32. The lowest BCUT2D eigenvalue weighted by molar-refractivity contribution is -0.143. The van der Waals surface area contributed by atoms with Gasteiger partial charge in [0.05, 0.1) is 12.6 Å². The van der Waals surface area contributed by atoms with Crippen LogP contribution in [-0.4, -0.2) is 88.1 Å². The Morgan fingerprint density at radius 1 is 0.902 bits per heavy atom. The number of hydrogen-bond acceptors (Lipinski definition) is 8. The van der Waals surface area contributed by atoms with Crippen molar-refractivity contribution in [2.24, 2.45) is 27.9 Å². The monoisotopic (exact) mass is 575 g/mol. The number of aliphatic hydroxyl groups is 1. The summed E-state index contributed by atoms with van der Waals surface area (Å²) < 4.78 is 0. The molecular weight excluding hydrogens is 538 g/mol. The van der Waals surface area contributed by atoms with Crippen molar-refractivity contribution in [2.45, 2.75) is 56.3 Å². The van der Waals surface area contributed by atoms with Gasteiger partial charge in [-0.25, -0.2) is 4.79 Å². The second-order valence-corrected chi connectivity index (χ2v) is 9.33. The molecule has 0 spiro atoms. The van der Waals surface area contributed by atoms with Crippen LogP contribution >= 0.6 is 0 Å². The Hall–Kier alpha value is -4.70. The Bertz CT molecular complexity index is 1260. The standard InChI is InChI=1S/C25H37N9O7/c26-15(10-13-11-31-16-5-2-1-4-14(13)16)21(37)32-18(7-8-20(27)36)23(39)33-17(6-3-9-30-25(28)29)22(38)34-19(12-35)24(40)41/h1-2,4-5,11,15,17-19,31,35H,3,6-10,12,26H2,(H2,27,36)(H,32,37)(H,33,39)(H,34,38)(H,40,41)(H4,28,29,30). The second kappa shape index (κ2) is 15.8. The van der Waals surface area contributed by atoms with Crippen LogP contribution in [0.1, 0.15) is 31.2 Å². The summed E-state index contributed by atoms with van der Waals surface area (Å²) in [4.78, 5) is 68.6. The van der Waals surface area contributed by atoms with Gasteiger partial charge in [0.1, 0.15) is 18.1 Å². The number of carbonyl (C=O) groups excluding carboxylic acids is 4. The number of aliphatic imine (C=N–C) groups is 1. The molecule has 41 heavy (non-hydrogen) atoms. The Morgan fingerprint density at radius 3 is 2.12 bits per heavy atom. The maximum absolute atomic E-state index is 13.2. The molecule has 0 aliphatic rings. The minimum absolute atomic E-state index is 0.0251. The third kappa shape index (κ3) is 10.4. The number of primary amides is 1.